The van der Waals surface area contributed by atoms with Crippen molar-refractivity contribution >= 4 is 38.8 Å². The number of thiophene rings is 1. The van der Waals surface area contributed by atoms with Gasteiger partial charge in [0.1, 0.15) is 10.7 Å². The first kappa shape index (κ1) is 13.3. The van der Waals surface area contributed by atoms with E-state index in [0.29, 0.717) is 4.34 Å². The zero-order valence-electron chi connectivity index (χ0n) is 9.34. The van der Waals surface area contributed by atoms with Gasteiger partial charge in [-0.05, 0) is 19.1 Å². The Morgan fingerprint density at radius 2 is 2.28 bits per heavy atom. The van der Waals surface area contributed by atoms with Gasteiger partial charge in [-0.1, -0.05) is 11.6 Å². The normalized spacial score (nSPS) is 13.7. The number of aromatic nitrogens is 2. The van der Waals surface area contributed by atoms with Crippen LogP contribution in [0.15, 0.2) is 23.2 Å². The van der Waals surface area contributed by atoms with Gasteiger partial charge in [0.15, 0.2) is 0 Å². The summed E-state index contributed by atoms with van der Waals surface area (Å²) in [6.45, 7) is 1.73. The molecule has 0 amide bonds. The van der Waals surface area contributed by atoms with Crippen LogP contribution in [0, 0.1) is 0 Å². The van der Waals surface area contributed by atoms with Gasteiger partial charge in [0, 0.05) is 4.88 Å². The molecule has 0 aliphatic rings. The molecule has 18 heavy (non-hydrogen) atoms. The second-order valence-electron chi connectivity index (χ2n) is 3.63. The maximum atomic E-state index is 12.0. The summed E-state index contributed by atoms with van der Waals surface area (Å²) < 4.78 is 27.2. The molecule has 6 nitrogen and oxygen atoms in total. The Hall–Kier alpha value is -1.09. The number of hydrogen-bond acceptors (Lipinski definition) is 5. The first-order chi connectivity index (χ1) is 8.40. The van der Waals surface area contributed by atoms with Crippen molar-refractivity contribution in [2.45, 2.75) is 17.9 Å². The molecule has 0 aromatic carbocycles. The SMILES string of the molecule is CC(NS(=O)(=O)c1cn[nH]c1N)c1ccc(Cl)s1. The zero-order valence-corrected chi connectivity index (χ0v) is 11.7. The lowest BCUT2D eigenvalue weighted by atomic mass is 10.3. The zero-order chi connectivity index (χ0) is 13.3. The van der Waals surface area contributed by atoms with Gasteiger partial charge in [-0.3, -0.25) is 5.10 Å². The van der Waals surface area contributed by atoms with Crippen molar-refractivity contribution in [2.24, 2.45) is 0 Å². The van der Waals surface area contributed by atoms with Crippen LogP contribution in [0.4, 0.5) is 5.82 Å². The Morgan fingerprint density at radius 1 is 1.56 bits per heavy atom. The van der Waals surface area contributed by atoms with E-state index in [-0.39, 0.29) is 16.8 Å². The summed E-state index contributed by atoms with van der Waals surface area (Å²) >= 11 is 7.13. The lowest BCUT2D eigenvalue weighted by Gasteiger charge is -2.11. The van der Waals surface area contributed by atoms with Crippen molar-refractivity contribution in [3.63, 3.8) is 0 Å². The van der Waals surface area contributed by atoms with E-state index in [1.807, 2.05) is 0 Å². The molecule has 0 fully saturated rings. The van der Waals surface area contributed by atoms with Crippen molar-refractivity contribution in [1.29, 1.82) is 0 Å². The molecule has 98 valence electrons. The molecule has 0 saturated heterocycles. The van der Waals surface area contributed by atoms with Crippen LogP contribution in [-0.2, 0) is 10.0 Å². The summed E-state index contributed by atoms with van der Waals surface area (Å²) in [5.74, 6) is 0.0129. The number of nitrogen functional groups attached to an aromatic ring is 1. The number of nitrogens with one attached hydrogen (secondary N) is 2. The average Bonchev–Trinajstić information content (AvgIpc) is 2.86. The standard InChI is InChI=1S/C9H11ClN4O2S2/c1-5(6-2-3-8(10)17-6)14-18(15,16)7-4-12-13-9(7)11/h2-5,14H,1H3,(H3,11,12,13). The third-order valence-corrected chi connectivity index (χ3v) is 5.26. The summed E-state index contributed by atoms with van der Waals surface area (Å²) in [7, 11) is -3.69. The molecule has 0 spiro atoms. The third kappa shape index (κ3) is 2.66. The summed E-state index contributed by atoms with van der Waals surface area (Å²) in [5, 5.41) is 5.97. The molecule has 1 atom stereocenters. The van der Waals surface area contributed by atoms with Gasteiger partial charge in [0.2, 0.25) is 10.0 Å². The highest BCUT2D eigenvalue weighted by molar-refractivity contribution is 7.89. The number of sulfonamides is 1. The molecule has 0 saturated carbocycles. The van der Waals surface area contributed by atoms with E-state index >= 15 is 0 Å². The first-order valence-electron chi connectivity index (χ1n) is 4.96. The number of nitrogens with two attached hydrogens (primary N) is 1. The predicted octanol–water partition coefficient (Wildman–Crippen LogP) is 1.75. The van der Waals surface area contributed by atoms with Crippen molar-refractivity contribution in [1.82, 2.24) is 14.9 Å². The highest BCUT2D eigenvalue weighted by Gasteiger charge is 2.22. The number of halogens is 1. The Kier molecular flexibility index (Phi) is 3.62. The minimum atomic E-state index is -3.69. The van der Waals surface area contributed by atoms with Crippen LogP contribution in [0.5, 0.6) is 0 Å². The van der Waals surface area contributed by atoms with Crippen LogP contribution in [0.3, 0.4) is 0 Å². The highest BCUT2D eigenvalue weighted by atomic mass is 35.5. The summed E-state index contributed by atoms with van der Waals surface area (Å²) in [5.41, 5.74) is 5.49. The van der Waals surface area contributed by atoms with Crippen LogP contribution >= 0.6 is 22.9 Å². The van der Waals surface area contributed by atoms with Crippen LogP contribution in [0.2, 0.25) is 4.34 Å². The van der Waals surface area contributed by atoms with Gasteiger partial charge in [-0.15, -0.1) is 11.3 Å². The third-order valence-electron chi connectivity index (χ3n) is 2.27. The van der Waals surface area contributed by atoms with E-state index in [2.05, 4.69) is 14.9 Å². The van der Waals surface area contributed by atoms with Gasteiger partial charge in [0.05, 0.1) is 16.6 Å². The quantitative estimate of drug-likeness (QED) is 0.801. The largest absolute Gasteiger partial charge is 0.383 e. The van der Waals surface area contributed by atoms with Crippen LogP contribution < -0.4 is 10.5 Å². The Bertz CT molecular complexity index is 649. The van der Waals surface area contributed by atoms with Crippen LogP contribution in [0.1, 0.15) is 17.8 Å². The van der Waals surface area contributed by atoms with Crippen molar-refractivity contribution in [3.05, 3.63) is 27.5 Å². The maximum Gasteiger partial charge on any atom is 0.246 e. The molecule has 1 unspecified atom stereocenters. The first-order valence-corrected chi connectivity index (χ1v) is 7.64. The van der Waals surface area contributed by atoms with Crippen molar-refractivity contribution < 1.29 is 8.42 Å². The number of H-pyrrole nitrogens is 1. The number of anilines is 1. The Balaban J connectivity index is 2.21. The minimum absolute atomic E-state index is 0.0129. The number of rotatable bonds is 4. The fourth-order valence-corrected chi connectivity index (χ4v) is 3.80. The molecule has 0 radical (unpaired) electrons. The van der Waals surface area contributed by atoms with Crippen LogP contribution in [0.25, 0.3) is 0 Å². The van der Waals surface area contributed by atoms with E-state index in [1.54, 1.807) is 19.1 Å². The molecule has 0 aliphatic carbocycles. The highest BCUT2D eigenvalue weighted by Crippen LogP contribution is 2.28. The molecular formula is C9H11ClN4O2S2. The minimum Gasteiger partial charge on any atom is -0.383 e. The molecule has 0 aliphatic heterocycles. The van der Waals surface area contributed by atoms with E-state index in [4.69, 9.17) is 17.3 Å². The monoisotopic (exact) mass is 306 g/mol. The van der Waals surface area contributed by atoms with Gasteiger partial charge < -0.3 is 5.73 Å². The molecule has 4 N–H and O–H groups in total. The molecule has 9 heteroatoms. The average molecular weight is 307 g/mol. The number of aromatic amines is 1. The van der Waals surface area contributed by atoms with Gasteiger partial charge in [0.25, 0.3) is 0 Å². The molecule has 2 aromatic rings. The second kappa shape index (κ2) is 4.88. The fourth-order valence-electron chi connectivity index (χ4n) is 1.41. The molecule has 2 aromatic heterocycles. The van der Waals surface area contributed by atoms with E-state index in [9.17, 15) is 8.42 Å². The smallest absolute Gasteiger partial charge is 0.246 e. The molecule has 2 rings (SSSR count). The number of nitrogens with zero attached hydrogens (tertiary/aromatic N) is 1. The predicted molar refractivity (Wildman–Crippen MR) is 71.1 cm³/mol. The molecular weight excluding hydrogens is 296 g/mol. The Morgan fingerprint density at radius 3 is 2.78 bits per heavy atom. The van der Waals surface area contributed by atoms with Crippen molar-refractivity contribution in [2.75, 3.05) is 5.73 Å². The maximum absolute atomic E-state index is 12.0. The summed E-state index contributed by atoms with van der Waals surface area (Å²) in [6.07, 6.45) is 1.17. The summed E-state index contributed by atoms with van der Waals surface area (Å²) in [6, 6.07) is 3.11. The van der Waals surface area contributed by atoms with Gasteiger partial charge in [-0.25, -0.2) is 13.1 Å². The fraction of sp³-hybridized carbons (Fsp3) is 0.222. The van der Waals surface area contributed by atoms with E-state index in [0.717, 1.165) is 4.88 Å². The lowest BCUT2D eigenvalue weighted by molar-refractivity contribution is 0.569. The van der Waals surface area contributed by atoms with E-state index in [1.165, 1.54) is 17.5 Å². The second-order valence-corrected chi connectivity index (χ2v) is 7.06. The van der Waals surface area contributed by atoms with E-state index < -0.39 is 10.0 Å². The topological polar surface area (TPSA) is 101 Å². The van der Waals surface area contributed by atoms with Gasteiger partial charge >= 0.3 is 0 Å². The Labute approximate surface area is 113 Å². The summed E-state index contributed by atoms with van der Waals surface area (Å²) in [4.78, 5) is 0.766. The molecule has 2 heterocycles. The number of hydrogen-bond donors (Lipinski definition) is 3. The van der Waals surface area contributed by atoms with Crippen LogP contribution in [-0.4, -0.2) is 18.6 Å². The molecule has 0 bridgehead atoms. The van der Waals surface area contributed by atoms with Gasteiger partial charge in [-0.2, -0.15) is 5.10 Å². The lowest BCUT2D eigenvalue weighted by Crippen LogP contribution is -2.26. The van der Waals surface area contributed by atoms with Crippen molar-refractivity contribution in [3.8, 4) is 0 Å².